The molecule has 0 bridgehead atoms. The highest BCUT2D eigenvalue weighted by Crippen LogP contribution is 2.20. The van der Waals surface area contributed by atoms with Gasteiger partial charge in [-0.25, -0.2) is 9.59 Å². The van der Waals surface area contributed by atoms with Gasteiger partial charge in [0, 0.05) is 5.56 Å². The van der Waals surface area contributed by atoms with Gasteiger partial charge >= 0.3 is 11.9 Å². The highest BCUT2D eigenvalue weighted by Gasteiger charge is 2.24. The number of carbonyl (C=O) groups is 2. The number of rotatable bonds is 4. The minimum absolute atomic E-state index is 0.0133. The third-order valence-corrected chi connectivity index (χ3v) is 2.65. The summed E-state index contributed by atoms with van der Waals surface area (Å²) < 4.78 is 5.00. The van der Waals surface area contributed by atoms with Crippen LogP contribution in [0.5, 0.6) is 5.75 Å². The summed E-state index contributed by atoms with van der Waals surface area (Å²) in [5, 5.41) is 18.3. The highest BCUT2D eigenvalue weighted by molar-refractivity contribution is 5.91. The first-order valence-corrected chi connectivity index (χ1v) is 5.85. The molecule has 0 aliphatic heterocycles. The number of hydrogen-bond donors (Lipinski definition) is 2. The zero-order valence-corrected chi connectivity index (χ0v) is 10.4. The second kappa shape index (κ2) is 5.88. The van der Waals surface area contributed by atoms with Crippen LogP contribution < -0.4 is 0 Å². The van der Waals surface area contributed by atoms with Crippen molar-refractivity contribution < 1.29 is 24.5 Å². The molecule has 0 radical (unpaired) electrons. The average Bonchev–Trinajstić information content (AvgIpc) is 2.46. The van der Waals surface area contributed by atoms with Crippen molar-refractivity contribution >= 4 is 11.9 Å². The van der Waals surface area contributed by atoms with Crippen LogP contribution >= 0.6 is 0 Å². The number of carboxylic acids is 1. The van der Waals surface area contributed by atoms with E-state index in [-0.39, 0.29) is 11.3 Å². The fourth-order valence-electron chi connectivity index (χ4n) is 1.66. The van der Waals surface area contributed by atoms with E-state index in [4.69, 9.17) is 14.9 Å². The number of ether oxygens (including phenoxy) is 1. The minimum atomic E-state index is -1.36. The summed E-state index contributed by atoms with van der Waals surface area (Å²) in [7, 11) is 0. The summed E-state index contributed by atoms with van der Waals surface area (Å²) in [6, 6.07) is 13.6. The minimum Gasteiger partial charge on any atom is -0.508 e. The Balaban J connectivity index is 2.19. The van der Waals surface area contributed by atoms with Crippen molar-refractivity contribution in [2.75, 3.05) is 0 Å². The van der Waals surface area contributed by atoms with Crippen LogP contribution in [0.15, 0.2) is 54.6 Å². The normalized spacial score (nSPS) is 11.6. The maximum absolute atomic E-state index is 11.9. The molecule has 5 nitrogen and oxygen atoms in total. The number of aromatic hydroxyl groups is 1. The first kappa shape index (κ1) is 13.6. The smallest absolute Gasteiger partial charge is 0.349 e. The molecule has 2 rings (SSSR count). The van der Waals surface area contributed by atoms with Crippen LogP contribution in [0, 0.1) is 0 Å². The molecule has 102 valence electrons. The van der Waals surface area contributed by atoms with Crippen molar-refractivity contribution in [3.05, 3.63) is 65.7 Å². The Hall–Kier alpha value is -2.82. The quantitative estimate of drug-likeness (QED) is 0.835. The Bertz CT molecular complexity index is 604. The van der Waals surface area contributed by atoms with E-state index in [1.165, 1.54) is 24.3 Å². The van der Waals surface area contributed by atoms with E-state index in [1.807, 2.05) is 0 Å². The predicted octanol–water partition coefficient (Wildman–Crippen LogP) is 2.37. The molecule has 0 spiro atoms. The molecule has 0 aliphatic carbocycles. The van der Waals surface area contributed by atoms with E-state index in [0.29, 0.717) is 5.56 Å². The van der Waals surface area contributed by atoms with Gasteiger partial charge in [0.1, 0.15) is 5.75 Å². The molecule has 2 N–H and O–H groups in total. The van der Waals surface area contributed by atoms with E-state index >= 15 is 0 Å². The number of carboxylic acid groups (broad SMARTS) is 1. The van der Waals surface area contributed by atoms with Gasteiger partial charge in [-0.3, -0.25) is 0 Å². The second-order valence-corrected chi connectivity index (χ2v) is 4.08. The first-order chi connectivity index (χ1) is 9.58. The molecule has 5 heteroatoms. The lowest BCUT2D eigenvalue weighted by atomic mass is 10.1. The van der Waals surface area contributed by atoms with E-state index in [0.717, 1.165) is 0 Å². The molecule has 1 atom stereocenters. The molecule has 0 amide bonds. The van der Waals surface area contributed by atoms with E-state index in [9.17, 15) is 9.59 Å². The van der Waals surface area contributed by atoms with Crippen LogP contribution in [0.25, 0.3) is 0 Å². The molecule has 0 fully saturated rings. The van der Waals surface area contributed by atoms with E-state index in [2.05, 4.69) is 0 Å². The highest BCUT2D eigenvalue weighted by atomic mass is 16.6. The van der Waals surface area contributed by atoms with Crippen molar-refractivity contribution in [2.24, 2.45) is 0 Å². The first-order valence-electron chi connectivity index (χ1n) is 5.85. The third kappa shape index (κ3) is 3.14. The fourth-order valence-corrected chi connectivity index (χ4v) is 1.66. The van der Waals surface area contributed by atoms with E-state index in [1.54, 1.807) is 30.3 Å². The van der Waals surface area contributed by atoms with Gasteiger partial charge in [-0.05, 0) is 24.3 Å². The lowest BCUT2D eigenvalue weighted by Crippen LogP contribution is -2.19. The SMILES string of the molecule is O=C(OC(C(=O)O)c1ccccc1)c1ccc(O)cc1. The van der Waals surface area contributed by atoms with Crippen LogP contribution in [-0.2, 0) is 9.53 Å². The lowest BCUT2D eigenvalue weighted by molar-refractivity contribution is -0.147. The standard InChI is InChI=1S/C15H12O5/c16-12-8-6-11(7-9-12)15(19)20-13(14(17)18)10-4-2-1-3-5-10/h1-9,13,16H,(H,17,18). The van der Waals surface area contributed by atoms with Crippen LogP contribution in [0.4, 0.5) is 0 Å². The number of hydrogen-bond acceptors (Lipinski definition) is 4. The summed E-state index contributed by atoms with van der Waals surface area (Å²) in [6.07, 6.45) is -1.36. The molecule has 0 saturated carbocycles. The zero-order valence-electron chi connectivity index (χ0n) is 10.4. The van der Waals surface area contributed by atoms with Crippen LogP contribution in [0.1, 0.15) is 22.0 Å². The zero-order chi connectivity index (χ0) is 14.5. The monoisotopic (exact) mass is 272 g/mol. The van der Waals surface area contributed by atoms with E-state index < -0.39 is 18.0 Å². The second-order valence-electron chi connectivity index (χ2n) is 4.08. The fraction of sp³-hybridized carbons (Fsp3) is 0.0667. The molecule has 2 aromatic rings. The van der Waals surface area contributed by atoms with Gasteiger partial charge in [-0.2, -0.15) is 0 Å². The summed E-state index contributed by atoms with van der Waals surface area (Å²) in [5.74, 6) is -2.00. The van der Waals surface area contributed by atoms with Crippen LogP contribution in [0.3, 0.4) is 0 Å². The summed E-state index contributed by atoms with van der Waals surface area (Å²) >= 11 is 0. The molecule has 0 saturated heterocycles. The van der Waals surface area contributed by atoms with Crippen LogP contribution in [-0.4, -0.2) is 22.2 Å². The molecular formula is C15H12O5. The maximum atomic E-state index is 11.9. The van der Waals surface area contributed by atoms with Crippen molar-refractivity contribution in [3.63, 3.8) is 0 Å². The molecule has 2 aromatic carbocycles. The summed E-state index contributed by atoms with van der Waals surface area (Å²) in [4.78, 5) is 23.1. The van der Waals surface area contributed by atoms with Gasteiger partial charge in [0.05, 0.1) is 5.56 Å². The summed E-state index contributed by atoms with van der Waals surface area (Å²) in [5.41, 5.74) is 0.553. The number of esters is 1. The van der Waals surface area contributed by atoms with Crippen molar-refractivity contribution in [2.45, 2.75) is 6.10 Å². The number of phenols is 1. The number of phenolic OH excluding ortho intramolecular Hbond substituents is 1. The molecule has 20 heavy (non-hydrogen) atoms. The Morgan fingerprint density at radius 2 is 1.55 bits per heavy atom. The predicted molar refractivity (Wildman–Crippen MR) is 70.3 cm³/mol. The lowest BCUT2D eigenvalue weighted by Gasteiger charge is -2.14. The summed E-state index contributed by atoms with van der Waals surface area (Å²) in [6.45, 7) is 0. The molecule has 0 heterocycles. The average molecular weight is 272 g/mol. The number of aliphatic carboxylic acids is 1. The van der Waals surface area contributed by atoms with Crippen molar-refractivity contribution in [3.8, 4) is 5.75 Å². The molecule has 0 aliphatic rings. The maximum Gasteiger partial charge on any atom is 0.349 e. The Morgan fingerprint density at radius 1 is 0.950 bits per heavy atom. The van der Waals surface area contributed by atoms with Gasteiger partial charge in [-0.15, -0.1) is 0 Å². The van der Waals surface area contributed by atoms with Gasteiger partial charge in [0.2, 0.25) is 6.10 Å². The number of benzene rings is 2. The van der Waals surface area contributed by atoms with Crippen molar-refractivity contribution in [1.82, 2.24) is 0 Å². The number of carbonyl (C=O) groups excluding carboxylic acids is 1. The Kier molecular flexibility index (Phi) is 4.00. The topological polar surface area (TPSA) is 83.8 Å². The van der Waals surface area contributed by atoms with Gasteiger partial charge in [-0.1, -0.05) is 30.3 Å². The molecule has 0 aromatic heterocycles. The largest absolute Gasteiger partial charge is 0.508 e. The van der Waals surface area contributed by atoms with Gasteiger partial charge in [0.25, 0.3) is 0 Å². The van der Waals surface area contributed by atoms with Gasteiger partial charge < -0.3 is 14.9 Å². The molecular weight excluding hydrogens is 260 g/mol. The van der Waals surface area contributed by atoms with Crippen LogP contribution in [0.2, 0.25) is 0 Å². The Labute approximate surface area is 115 Å². The third-order valence-electron chi connectivity index (χ3n) is 2.65. The molecule has 1 unspecified atom stereocenters. The van der Waals surface area contributed by atoms with Gasteiger partial charge in [0.15, 0.2) is 0 Å². The Morgan fingerprint density at radius 3 is 2.10 bits per heavy atom. The van der Waals surface area contributed by atoms with Crippen molar-refractivity contribution in [1.29, 1.82) is 0 Å².